The summed E-state index contributed by atoms with van der Waals surface area (Å²) in [6, 6.07) is 54.8. The van der Waals surface area contributed by atoms with Gasteiger partial charge in [-0.1, -0.05) is 143 Å². The standard InChI is InChI=1S/C66H69N4O/c1-40(2)53-22-17-23-54(41(3)4)64(53)46-19-16-20-49(33-46)69-39-70(69,62-32-45(10)44(9)31-61(62)69)50-34-47(65-55(42(5)6)24-18-25-56(65)43(7)8)35-52(37-50)71-51-27-28-58-57-21-14-15-26-59(57)68(60(58)38-51)63-36-48(29-30-67-63)66(11,12)13/h14-43H,1-13H3/q+1/t69-,70?/m0/s1. The van der Waals surface area contributed by atoms with E-state index in [4.69, 9.17) is 9.72 Å². The molecule has 5 heteroatoms. The quantitative estimate of drug-likeness (QED) is 0.0734. The summed E-state index contributed by atoms with van der Waals surface area (Å²) in [7, 11) is 0. The fraction of sp³-hybridized carbons (Fsp3) is 0.273. The molecule has 7 aromatic carbocycles. The first-order chi connectivity index (χ1) is 33.9. The lowest BCUT2D eigenvalue weighted by Crippen LogP contribution is -2.46. The number of benzene rings is 7. The summed E-state index contributed by atoms with van der Waals surface area (Å²) >= 11 is 0. The molecular weight excluding hydrogens is 865 g/mol. The highest BCUT2D eigenvalue weighted by Gasteiger charge is 2.78. The fourth-order valence-electron chi connectivity index (χ4n) is 11.8. The van der Waals surface area contributed by atoms with Crippen LogP contribution in [0.3, 0.4) is 0 Å². The van der Waals surface area contributed by atoms with Crippen LogP contribution in [-0.2, 0) is 5.41 Å². The molecule has 0 radical (unpaired) electrons. The highest BCUT2D eigenvalue weighted by atomic mass is 16.5. The number of ether oxygens (including phenoxy) is 1. The third-order valence-corrected chi connectivity index (χ3v) is 15.7. The molecule has 0 saturated carbocycles. The molecule has 11 rings (SSSR count). The predicted octanol–water partition coefficient (Wildman–Crippen LogP) is 19.1. The van der Waals surface area contributed by atoms with Gasteiger partial charge in [-0.25, -0.2) is 4.98 Å². The Bertz CT molecular complexity index is 3530. The van der Waals surface area contributed by atoms with Crippen molar-refractivity contribution in [3.05, 3.63) is 197 Å². The largest absolute Gasteiger partial charge is 0.457 e. The van der Waals surface area contributed by atoms with Gasteiger partial charge >= 0.3 is 0 Å². The third-order valence-electron chi connectivity index (χ3n) is 15.7. The van der Waals surface area contributed by atoms with Crippen molar-refractivity contribution in [2.75, 3.05) is 0 Å². The van der Waals surface area contributed by atoms with E-state index in [1.807, 2.05) is 6.20 Å². The van der Waals surface area contributed by atoms with Gasteiger partial charge in [0.05, 0.1) is 11.0 Å². The zero-order chi connectivity index (χ0) is 49.9. The summed E-state index contributed by atoms with van der Waals surface area (Å²) in [4.78, 5) is 4.98. The summed E-state index contributed by atoms with van der Waals surface area (Å²) in [6.07, 6.45) is 1.94. The molecule has 2 aliphatic rings. The van der Waals surface area contributed by atoms with E-state index in [1.165, 1.54) is 94.7 Å². The van der Waals surface area contributed by atoms with Crippen LogP contribution in [-0.4, -0.2) is 9.55 Å². The molecule has 0 amide bonds. The number of hydrogen-bond donors (Lipinski definition) is 0. The number of rotatable bonds is 11. The molecule has 71 heavy (non-hydrogen) atoms. The van der Waals surface area contributed by atoms with Crippen molar-refractivity contribution in [1.29, 1.82) is 0 Å². The average molecular weight is 934 g/mol. The maximum Gasteiger partial charge on any atom is 0.225 e. The summed E-state index contributed by atoms with van der Waals surface area (Å²) in [5.41, 5.74) is 21.7. The van der Waals surface area contributed by atoms with Crippen molar-refractivity contribution in [2.45, 2.75) is 119 Å². The van der Waals surface area contributed by atoms with Crippen LogP contribution in [0.5, 0.6) is 11.5 Å². The number of aryl methyl sites for hydroxylation is 2. The van der Waals surface area contributed by atoms with Crippen LogP contribution in [0.15, 0.2) is 152 Å². The monoisotopic (exact) mass is 934 g/mol. The van der Waals surface area contributed by atoms with Gasteiger partial charge in [-0.2, -0.15) is 9.18 Å². The molecule has 1 saturated heterocycles. The van der Waals surface area contributed by atoms with Crippen molar-refractivity contribution in [3.63, 3.8) is 0 Å². The van der Waals surface area contributed by atoms with Crippen molar-refractivity contribution < 1.29 is 4.74 Å². The van der Waals surface area contributed by atoms with Gasteiger partial charge in [-0.05, 0) is 141 Å². The van der Waals surface area contributed by atoms with E-state index in [-0.39, 0.29) is 5.41 Å². The highest BCUT2D eigenvalue weighted by molar-refractivity contribution is 6.09. The van der Waals surface area contributed by atoms with Crippen molar-refractivity contribution in [2.24, 2.45) is 0 Å². The summed E-state index contributed by atoms with van der Waals surface area (Å²) in [5.74, 6) is 3.92. The number of hydrogen-bond acceptors (Lipinski definition) is 2. The normalized spacial score (nSPS) is 17.4. The van der Waals surface area contributed by atoms with E-state index >= 15 is 0 Å². The van der Waals surface area contributed by atoms with Crippen LogP contribution < -0.4 is 13.9 Å². The minimum atomic E-state index is -0.0257. The number of pyridine rings is 1. The zero-order valence-electron chi connectivity index (χ0n) is 44.0. The van der Waals surface area contributed by atoms with Gasteiger partial charge in [-0.15, -0.1) is 0 Å². The van der Waals surface area contributed by atoms with Gasteiger partial charge in [0.25, 0.3) is 0 Å². The Balaban J connectivity index is 1.12. The fourth-order valence-corrected chi connectivity index (χ4v) is 11.8. The second-order valence-electron chi connectivity index (χ2n) is 22.7. The highest BCUT2D eigenvalue weighted by Crippen LogP contribution is 2.76. The summed E-state index contributed by atoms with van der Waals surface area (Å²) < 4.78 is 10.8. The van der Waals surface area contributed by atoms with E-state index in [1.54, 1.807) is 0 Å². The van der Waals surface area contributed by atoms with Crippen LogP contribution in [0.2, 0.25) is 0 Å². The van der Waals surface area contributed by atoms with Gasteiger partial charge in [0.2, 0.25) is 11.4 Å². The molecule has 358 valence electrons. The van der Waals surface area contributed by atoms with Crippen molar-refractivity contribution in [3.8, 4) is 39.6 Å². The minimum absolute atomic E-state index is 0.0257. The summed E-state index contributed by atoms with van der Waals surface area (Å²) in [6.45, 7) is 32.4. The molecule has 0 aliphatic carbocycles. The predicted molar refractivity (Wildman–Crippen MR) is 301 cm³/mol. The second-order valence-corrected chi connectivity index (χ2v) is 22.7. The Labute approximate surface area is 422 Å². The van der Waals surface area contributed by atoms with Crippen molar-refractivity contribution in [1.82, 2.24) is 18.7 Å². The SMILES string of the molecule is Cc1cc2c(cc1C)[N@@+]1(c3cccc(-c4c(C(C)C)cccc4C(C)C)c3)[CH-][N+]21c1cc(Oc2ccc3c4ccccc4n(-c4cc(C(C)(C)C)ccn4)c3c2)cc(-c2c(C(C)C)cccc2C(C)C)c1. The van der Waals surface area contributed by atoms with Crippen LogP contribution in [0.4, 0.5) is 22.7 Å². The molecule has 0 bridgehead atoms. The first-order valence-corrected chi connectivity index (χ1v) is 25.9. The van der Waals surface area contributed by atoms with Gasteiger partial charge in [0.15, 0.2) is 18.0 Å². The Hall–Kier alpha value is -6.79. The number of fused-ring (bicyclic) bond motifs is 7. The topological polar surface area (TPSA) is 27.1 Å². The average Bonchev–Trinajstić information content (AvgIpc) is 3.86. The maximum atomic E-state index is 7.29. The Kier molecular flexibility index (Phi) is 11.1. The lowest BCUT2D eigenvalue weighted by atomic mass is 9.84. The van der Waals surface area contributed by atoms with E-state index in [2.05, 4.69) is 247 Å². The number of aromatic nitrogens is 2. The first-order valence-electron chi connectivity index (χ1n) is 25.9. The molecule has 2 aromatic heterocycles. The molecule has 5 nitrogen and oxygen atoms in total. The van der Waals surface area contributed by atoms with Crippen LogP contribution in [0.25, 0.3) is 49.9 Å². The van der Waals surface area contributed by atoms with Crippen molar-refractivity contribution >= 4 is 44.6 Å². The molecule has 1 unspecified atom stereocenters. The van der Waals surface area contributed by atoms with E-state index in [0.717, 1.165) is 28.4 Å². The maximum absolute atomic E-state index is 7.29. The number of para-hydroxylation sites is 1. The van der Waals surface area contributed by atoms with E-state index in [9.17, 15) is 0 Å². The minimum Gasteiger partial charge on any atom is -0.457 e. The van der Waals surface area contributed by atoms with Crippen LogP contribution >= 0.6 is 0 Å². The zero-order valence-corrected chi connectivity index (χ0v) is 44.0. The van der Waals surface area contributed by atoms with E-state index in [0.29, 0.717) is 32.9 Å². The molecule has 0 spiro atoms. The van der Waals surface area contributed by atoms with Gasteiger partial charge in [-0.3, -0.25) is 4.57 Å². The number of nitrogens with zero attached hydrogens (tertiary/aromatic N) is 4. The second kappa shape index (κ2) is 16.9. The molecule has 2 atom stereocenters. The summed E-state index contributed by atoms with van der Waals surface area (Å²) in [5, 5.41) is 2.35. The Morgan fingerprint density at radius 3 is 1.65 bits per heavy atom. The number of quaternary nitrogens is 2. The molecule has 4 heterocycles. The van der Waals surface area contributed by atoms with Gasteiger partial charge in [0.1, 0.15) is 17.3 Å². The van der Waals surface area contributed by atoms with Gasteiger partial charge < -0.3 is 4.74 Å². The molecule has 9 aromatic rings. The molecule has 1 fully saturated rings. The Morgan fingerprint density at radius 2 is 1.04 bits per heavy atom. The molecular formula is C66H69N4O+. The van der Waals surface area contributed by atoms with Crippen LogP contribution in [0.1, 0.15) is 139 Å². The third kappa shape index (κ3) is 7.29. The van der Waals surface area contributed by atoms with Gasteiger partial charge in [0, 0.05) is 59.4 Å². The first kappa shape index (κ1) is 46.6. The lowest BCUT2D eigenvalue weighted by Gasteiger charge is -2.40. The Morgan fingerprint density at radius 1 is 0.493 bits per heavy atom. The molecule has 0 N–H and O–H groups in total. The van der Waals surface area contributed by atoms with E-state index < -0.39 is 0 Å². The van der Waals surface area contributed by atoms with Crippen LogP contribution in [0, 0.1) is 20.5 Å². The molecule has 2 aliphatic heterocycles. The lowest BCUT2D eigenvalue weighted by molar-refractivity contribution is 0.423. The smallest absolute Gasteiger partial charge is 0.225 e.